The molecule has 112 valence electrons. The van der Waals surface area contributed by atoms with E-state index in [1.807, 2.05) is 38.1 Å². The van der Waals surface area contributed by atoms with Crippen molar-refractivity contribution in [1.29, 1.82) is 0 Å². The van der Waals surface area contributed by atoms with Gasteiger partial charge in [0, 0.05) is 4.88 Å². The lowest BCUT2D eigenvalue weighted by Gasteiger charge is -2.05. The van der Waals surface area contributed by atoms with Gasteiger partial charge in [-0.15, -0.1) is 11.3 Å². The monoisotopic (exact) mass is 304 g/mol. The zero-order valence-electron chi connectivity index (χ0n) is 12.6. The van der Waals surface area contributed by atoms with Crippen LogP contribution in [0.25, 0.3) is 0 Å². The average Bonchev–Trinajstić information content (AvgIpc) is 2.82. The number of benzene rings is 1. The summed E-state index contributed by atoms with van der Waals surface area (Å²) in [5, 5.41) is 12.8. The van der Waals surface area contributed by atoms with Gasteiger partial charge in [-0.05, 0) is 51.3 Å². The van der Waals surface area contributed by atoms with Crippen molar-refractivity contribution in [3.8, 4) is 5.75 Å². The predicted molar refractivity (Wildman–Crippen MR) is 85.6 cm³/mol. The van der Waals surface area contributed by atoms with Crippen LogP contribution in [0.4, 0.5) is 0 Å². The largest absolute Gasteiger partial charge is 0.486 e. The van der Waals surface area contributed by atoms with Gasteiger partial charge in [-0.2, -0.15) is 0 Å². The van der Waals surface area contributed by atoms with E-state index in [9.17, 15) is 0 Å². The Morgan fingerprint density at radius 1 is 1.29 bits per heavy atom. The maximum atomic E-state index is 8.62. The fraction of sp³-hybridized carbons (Fsp3) is 0.375. The smallest absolute Gasteiger partial charge is 0.140 e. The molecular weight excluding hydrogens is 284 g/mol. The molecule has 0 saturated heterocycles. The number of rotatable bonds is 6. The van der Waals surface area contributed by atoms with E-state index in [1.165, 1.54) is 10.4 Å². The molecule has 0 aliphatic carbocycles. The Kier molecular flexibility index (Phi) is 5.33. The van der Waals surface area contributed by atoms with E-state index in [-0.39, 0.29) is 0 Å². The first kappa shape index (κ1) is 15.5. The molecule has 1 N–H and O–H groups in total. The number of ether oxygens (including phenoxy) is 1. The maximum Gasteiger partial charge on any atom is 0.140 e. The third kappa shape index (κ3) is 4.56. The van der Waals surface area contributed by atoms with Crippen LogP contribution < -0.4 is 4.74 Å². The molecule has 1 heterocycles. The van der Waals surface area contributed by atoms with Crippen molar-refractivity contribution in [2.24, 2.45) is 5.16 Å². The molecule has 2 aromatic rings. The van der Waals surface area contributed by atoms with Gasteiger partial charge < -0.3 is 9.94 Å². The molecule has 0 fully saturated rings. The van der Waals surface area contributed by atoms with Crippen molar-refractivity contribution >= 4 is 17.0 Å². The summed E-state index contributed by atoms with van der Waals surface area (Å²) in [6, 6.07) is 8.01. The third-order valence-electron chi connectivity index (χ3n) is 3.30. The van der Waals surface area contributed by atoms with E-state index >= 15 is 0 Å². The Balaban J connectivity index is 1.87. The molecule has 5 heteroatoms. The highest BCUT2D eigenvalue weighted by molar-refractivity contribution is 7.11. The van der Waals surface area contributed by atoms with Crippen LogP contribution in [-0.2, 0) is 13.0 Å². The second-order valence-corrected chi connectivity index (χ2v) is 6.30. The fourth-order valence-corrected chi connectivity index (χ4v) is 2.72. The lowest BCUT2D eigenvalue weighted by atomic mass is 10.1. The zero-order chi connectivity index (χ0) is 15.2. The van der Waals surface area contributed by atoms with Crippen LogP contribution in [0.1, 0.15) is 34.5 Å². The van der Waals surface area contributed by atoms with Gasteiger partial charge in [0.05, 0.1) is 11.4 Å². The molecule has 0 unspecified atom stereocenters. The number of oxime groups is 1. The Bertz CT molecular complexity index is 598. The first-order chi connectivity index (χ1) is 10.1. The number of aromatic nitrogens is 1. The molecule has 0 aliphatic rings. The molecule has 1 aromatic heterocycles. The number of thiazole rings is 1. The van der Waals surface area contributed by atoms with Gasteiger partial charge in [0.15, 0.2) is 0 Å². The Morgan fingerprint density at radius 3 is 2.57 bits per heavy atom. The molecule has 21 heavy (non-hydrogen) atoms. The lowest BCUT2D eigenvalue weighted by Crippen LogP contribution is -1.97. The number of nitrogens with zero attached hydrogens (tertiary/aromatic N) is 2. The normalized spacial score (nSPS) is 11.7. The van der Waals surface area contributed by atoms with Crippen LogP contribution >= 0.6 is 11.3 Å². The van der Waals surface area contributed by atoms with Crippen molar-refractivity contribution in [2.75, 3.05) is 0 Å². The van der Waals surface area contributed by atoms with E-state index < -0.39 is 0 Å². The first-order valence-corrected chi connectivity index (χ1v) is 7.72. The van der Waals surface area contributed by atoms with Gasteiger partial charge in [-0.25, -0.2) is 4.98 Å². The van der Waals surface area contributed by atoms with Gasteiger partial charge in [-0.3, -0.25) is 0 Å². The minimum atomic E-state index is 0.509. The molecule has 0 atom stereocenters. The molecule has 0 radical (unpaired) electrons. The maximum absolute atomic E-state index is 8.62. The summed E-state index contributed by atoms with van der Waals surface area (Å²) < 4.78 is 5.75. The highest BCUT2D eigenvalue weighted by Gasteiger charge is 2.04. The van der Waals surface area contributed by atoms with E-state index in [0.717, 1.165) is 35.0 Å². The minimum absolute atomic E-state index is 0.509. The zero-order valence-corrected chi connectivity index (χ0v) is 13.4. The summed E-state index contributed by atoms with van der Waals surface area (Å²) in [5.41, 5.74) is 3.02. The molecule has 0 amide bonds. The molecule has 0 saturated carbocycles. The third-order valence-corrected chi connectivity index (χ3v) is 4.35. The molecule has 0 spiro atoms. The van der Waals surface area contributed by atoms with E-state index in [1.54, 1.807) is 11.3 Å². The second kappa shape index (κ2) is 7.22. The number of hydrogen-bond acceptors (Lipinski definition) is 5. The van der Waals surface area contributed by atoms with Crippen LogP contribution in [0.15, 0.2) is 29.4 Å². The highest BCUT2D eigenvalue weighted by atomic mass is 32.1. The standard InChI is InChI=1S/C16H20N2O2S/c1-11(18-19)4-5-14-6-8-15(9-7-14)20-10-16-17-12(2)13(3)21-16/h6-9,19H,4-5,10H2,1-3H3/b18-11-. The summed E-state index contributed by atoms with van der Waals surface area (Å²) in [4.78, 5) is 5.70. The second-order valence-electron chi connectivity index (χ2n) is 5.02. The molecule has 0 bridgehead atoms. The lowest BCUT2D eigenvalue weighted by molar-refractivity contribution is 0.305. The topological polar surface area (TPSA) is 54.7 Å². The van der Waals surface area contributed by atoms with Crippen molar-refractivity contribution in [3.63, 3.8) is 0 Å². The van der Waals surface area contributed by atoms with Gasteiger partial charge in [0.1, 0.15) is 17.4 Å². The van der Waals surface area contributed by atoms with Crippen LogP contribution in [0.3, 0.4) is 0 Å². The van der Waals surface area contributed by atoms with E-state index in [0.29, 0.717) is 6.61 Å². The van der Waals surface area contributed by atoms with Crippen molar-refractivity contribution in [3.05, 3.63) is 45.4 Å². The summed E-state index contributed by atoms with van der Waals surface area (Å²) in [6.07, 6.45) is 1.62. The Morgan fingerprint density at radius 2 is 2.00 bits per heavy atom. The summed E-state index contributed by atoms with van der Waals surface area (Å²) in [7, 11) is 0. The number of aryl methyl sites for hydroxylation is 3. The van der Waals surface area contributed by atoms with Crippen LogP contribution in [0.5, 0.6) is 5.75 Å². The molecule has 0 aliphatic heterocycles. The van der Waals surface area contributed by atoms with Crippen LogP contribution in [0.2, 0.25) is 0 Å². The Hall–Kier alpha value is -1.88. The SMILES string of the molecule is C/C(CCc1ccc(OCc2nc(C)c(C)s2)cc1)=N/O. The molecule has 2 rings (SSSR count). The van der Waals surface area contributed by atoms with Gasteiger partial charge in [-0.1, -0.05) is 17.3 Å². The number of hydrogen-bond donors (Lipinski definition) is 1. The highest BCUT2D eigenvalue weighted by Crippen LogP contribution is 2.19. The van der Waals surface area contributed by atoms with Gasteiger partial charge in [0.2, 0.25) is 0 Å². The molecule has 4 nitrogen and oxygen atoms in total. The van der Waals surface area contributed by atoms with Crippen LogP contribution in [-0.4, -0.2) is 15.9 Å². The Labute approximate surface area is 129 Å². The summed E-state index contributed by atoms with van der Waals surface area (Å²) in [5.74, 6) is 0.844. The van der Waals surface area contributed by atoms with Crippen molar-refractivity contribution < 1.29 is 9.94 Å². The van der Waals surface area contributed by atoms with Gasteiger partial charge in [0.25, 0.3) is 0 Å². The predicted octanol–water partition coefficient (Wildman–Crippen LogP) is 4.12. The molecule has 1 aromatic carbocycles. The fourth-order valence-electron chi connectivity index (χ4n) is 1.87. The molecular formula is C16H20N2O2S. The average molecular weight is 304 g/mol. The van der Waals surface area contributed by atoms with Crippen LogP contribution in [0, 0.1) is 13.8 Å². The summed E-state index contributed by atoms with van der Waals surface area (Å²) in [6.45, 7) is 6.41. The summed E-state index contributed by atoms with van der Waals surface area (Å²) >= 11 is 1.68. The van der Waals surface area contributed by atoms with Crippen molar-refractivity contribution in [2.45, 2.75) is 40.2 Å². The van der Waals surface area contributed by atoms with Crippen molar-refractivity contribution in [1.82, 2.24) is 4.98 Å². The first-order valence-electron chi connectivity index (χ1n) is 6.90. The van der Waals surface area contributed by atoms with E-state index in [2.05, 4.69) is 17.1 Å². The van der Waals surface area contributed by atoms with E-state index in [4.69, 9.17) is 9.94 Å². The van der Waals surface area contributed by atoms with Gasteiger partial charge >= 0.3 is 0 Å². The quantitative estimate of drug-likeness (QED) is 0.496. The minimum Gasteiger partial charge on any atom is -0.486 e.